The molecule has 90 valence electrons. The molecule has 17 heavy (non-hydrogen) atoms. The fraction of sp³-hybridized carbons (Fsp3) is 0.429. The summed E-state index contributed by atoms with van der Waals surface area (Å²) in [6.07, 6.45) is 0. The minimum absolute atomic E-state index is 0.124. The summed E-state index contributed by atoms with van der Waals surface area (Å²) in [6, 6.07) is 9.50. The van der Waals surface area contributed by atoms with E-state index in [0.717, 1.165) is 4.90 Å². The second-order valence-electron chi connectivity index (χ2n) is 4.76. The molecule has 0 heterocycles. The molecule has 0 fully saturated rings. The number of nitriles is 1. The summed E-state index contributed by atoms with van der Waals surface area (Å²) in [5.41, 5.74) is -0.350. The van der Waals surface area contributed by atoms with Crippen LogP contribution in [-0.4, -0.2) is 11.0 Å². The number of carbonyl (C=O) groups is 1. The van der Waals surface area contributed by atoms with Crippen molar-refractivity contribution in [1.82, 2.24) is 0 Å². The van der Waals surface area contributed by atoms with Crippen LogP contribution in [0.5, 0.6) is 0 Å². The average Bonchev–Trinajstić information content (AvgIpc) is 2.28. The second-order valence-corrected chi connectivity index (χ2v) is 6.41. The zero-order valence-electron chi connectivity index (χ0n) is 10.7. The normalized spacial score (nSPS) is 11.3. The molecular weight excluding hydrogens is 230 g/mol. The summed E-state index contributed by atoms with van der Waals surface area (Å²) in [5.74, 6) is -0.124. The number of rotatable bonds is 4. The predicted molar refractivity (Wildman–Crippen MR) is 71.2 cm³/mol. The molecular formula is C14H17NOS. The van der Waals surface area contributed by atoms with Crippen molar-refractivity contribution in [3.05, 3.63) is 29.8 Å². The Morgan fingerprint density at radius 2 is 1.82 bits per heavy atom. The van der Waals surface area contributed by atoms with E-state index in [9.17, 15) is 4.79 Å². The summed E-state index contributed by atoms with van der Waals surface area (Å²) in [5, 5.41) is 9.44. The third-order valence-corrected chi connectivity index (χ3v) is 3.35. The van der Waals surface area contributed by atoms with Crippen LogP contribution in [0.15, 0.2) is 29.2 Å². The molecule has 2 nitrogen and oxygen atoms in total. The molecule has 3 heteroatoms. The topological polar surface area (TPSA) is 40.9 Å². The summed E-state index contributed by atoms with van der Waals surface area (Å²) < 4.78 is 0. The van der Waals surface area contributed by atoms with Crippen LogP contribution in [0.1, 0.15) is 38.1 Å². The molecule has 0 aliphatic rings. The molecule has 1 rings (SSSR count). The van der Waals surface area contributed by atoms with Gasteiger partial charge in [-0.2, -0.15) is 5.26 Å². The van der Waals surface area contributed by atoms with Crippen LogP contribution in [-0.2, 0) is 0 Å². The molecule has 0 N–H and O–H groups in total. The van der Waals surface area contributed by atoms with Crippen molar-refractivity contribution in [2.45, 2.75) is 37.8 Å². The van der Waals surface area contributed by atoms with Crippen LogP contribution < -0.4 is 0 Å². The number of nitrogens with zero attached hydrogens (tertiary/aromatic N) is 1. The van der Waals surface area contributed by atoms with Gasteiger partial charge in [-0.25, -0.2) is 0 Å². The average molecular weight is 247 g/mol. The highest BCUT2D eigenvalue weighted by Gasteiger charge is 2.28. The molecule has 0 spiro atoms. The first-order valence-corrected chi connectivity index (χ1v) is 6.47. The maximum atomic E-state index is 12.0. The Kier molecular flexibility index (Phi) is 4.36. The number of ketones is 1. The van der Waals surface area contributed by atoms with Crippen molar-refractivity contribution < 1.29 is 4.79 Å². The van der Waals surface area contributed by atoms with Crippen molar-refractivity contribution in [2.75, 3.05) is 0 Å². The highest BCUT2D eigenvalue weighted by Crippen LogP contribution is 2.25. The Morgan fingerprint density at radius 1 is 1.29 bits per heavy atom. The van der Waals surface area contributed by atoms with E-state index in [4.69, 9.17) is 5.26 Å². The molecule has 0 amide bonds. The number of benzene rings is 1. The van der Waals surface area contributed by atoms with Crippen LogP contribution in [0.25, 0.3) is 0 Å². The van der Waals surface area contributed by atoms with Gasteiger partial charge >= 0.3 is 0 Å². The molecule has 0 aliphatic carbocycles. The largest absolute Gasteiger partial charge is 0.292 e. The van der Waals surface area contributed by atoms with Crippen LogP contribution in [0.2, 0.25) is 0 Å². The summed E-state index contributed by atoms with van der Waals surface area (Å²) in [7, 11) is 0. The zero-order valence-corrected chi connectivity index (χ0v) is 11.5. The van der Waals surface area contributed by atoms with Gasteiger partial charge in [-0.1, -0.05) is 26.0 Å². The highest BCUT2D eigenvalue weighted by molar-refractivity contribution is 7.99. The van der Waals surface area contributed by atoms with Gasteiger partial charge in [0, 0.05) is 15.7 Å². The molecule has 0 radical (unpaired) electrons. The van der Waals surface area contributed by atoms with Crippen molar-refractivity contribution in [3.8, 4) is 6.07 Å². The first-order chi connectivity index (χ1) is 7.86. The van der Waals surface area contributed by atoms with Gasteiger partial charge in [0.25, 0.3) is 0 Å². The smallest absolute Gasteiger partial charge is 0.182 e. The maximum absolute atomic E-state index is 12.0. The lowest BCUT2D eigenvalue weighted by Gasteiger charge is -2.13. The Bertz CT molecular complexity index is 440. The molecule has 0 unspecified atom stereocenters. The zero-order chi connectivity index (χ0) is 13.1. The molecule has 1 aromatic rings. The molecule has 0 atom stereocenters. The standard InChI is InChI=1S/C14H17NOS/c1-10(2)17-12-7-5-11(6-8-12)13(16)14(3,4)9-15/h5-8,10H,1-4H3. The van der Waals surface area contributed by atoms with E-state index in [1.54, 1.807) is 37.7 Å². The summed E-state index contributed by atoms with van der Waals surface area (Å²) in [4.78, 5) is 13.1. The molecule has 0 aromatic heterocycles. The number of hydrogen-bond donors (Lipinski definition) is 0. The number of thioether (sulfide) groups is 1. The summed E-state index contributed by atoms with van der Waals surface area (Å²) in [6.45, 7) is 7.54. The predicted octanol–water partition coefficient (Wildman–Crippen LogP) is 3.92. The van der Waals surface area contributed by atoms with Gasteiger partial charge in [0.1, 0.15) is 5.41 Å². The van der Waals surface area contributed by atoms with Gasteiger partial charge in [-0.3, -0.25) is 4.79 Å². The van der Waals surface area contributed by atoms with E-state index < -0.39 is 5.41 Å². The minimum Gasteiger partial charge on any atom is -0.292 e. The molecule has 1 aromatic carbocycles. The minimum atomic E-state index is -0.952. The third kappa shape index (κ3) is 3.61. The van der Waals surface area contributed by atoms with Crippen molar-refractivity contribution in [1.29, 1.82) is 5.26 Å². The van der Waals surface area contributed by atoms with Crippen molar-refractivity contribution in [3.63, 3.8) is 0 Å². The number of carbonyl (C=O) groups excluding carboxylic acids is 1. The monoisotopic (exact) mass is 247 g/mol. The molecule has 0 bridgehead atoms. The van der Waals surface area contributed by atoms with Crippen LogP contribution in [0.4, 0.5) is 0 Å². The van der Waals surface area contributed by atoms with Gasteiger partial charge in [-0.15, -0.1) is 11.8 Å². The molecule has 0 saturated carbocycles. The van der Waals surface area contributed by atoms with E-state index in [1.807, 2.05) is 18.2 Å². The summed E-state index contributed by atoms with van der Waals surface area (Å²) >= 11 is 1.76. The van der Waals surface area contributed by atoms with Gasteiger partial charge < -0.3 is 0 Å². The van der Waals surface area contributed by atoms with Crippen molar-refractivity contribution >= 4 is 17.5 Å². The Morgan fingerprint density at radius 3 is 2.24 bits per heavy atom. The van der Waals surface area contributed by atoms with Gasteiger partial charge in [0.05, 0.1) is 6.07 Å². The lowest BCUT2D eigenvalue weighted by Crippen LogP contribution is -2.22. The number of hydrogen-bond acceptors (Lipinski definition) is 3. The Labute approximate surface area is 107 Å². The van der Waals surface area contributed by atoms with Crippen LogP contribution >= 0.6 is 11.8 Å². The number of Topliss-reactive ketones (excluding diaryl/α,β-unsaturated/α-hetero) is 1. The molecule has 0 aliphatic heterocycles. The second kappa shape index (κ2) is 5.37. The first-order valence-electron chi connectivity index (χ1n) is 5.59. The maximum Gasteiger partial charge on any atom is 0.182 e. The van der Waals surface area contributed by atoms with E-state index in [0.29, 0.717) is 10.8 Å². The van der Waals surface area contributed by atoms with Gasteiger partial charge in [0.2, 0.25) is 0 Å². The highest BCUT2D eigenvalue weighted by atomic mass is 32.2. The van der Waals surface area contributed by atoms with E-state index in [-0.39, 0.29) is 5.78 Å². The van der Waals surface area contributed by atoms with Crippen LogP contribution in [0.3, 0.4) is 0 Å². The quantitative estimate of drug-likeness (QED) is 0.598. The fourth-order valence-electron chi connectivity index (χ4n) is 1.37. The van der Waals surface area contributed by atoms with E-state index in [2.05, 4.69) is 13.8 Å². The van der Waals surface area contributed by atoms with Gasteiger partial charge in [0.15, 0.2) is 5.78 Å². The van der Waals surface area contributed by atoms with E-state index >= 15 is 0 Å². The molecule has 0 saturated heterocycles. The van der Waals surface area contributed by atoms with Crippen LogP contribution in [0, 0.1) is 16.7 Å². The van der Waals surface area contributed by atoms with Gasteiger partial charge in [-0.05, 0) is 26.0 Å². The van der Waals surface area contributed by atoms with E-state index in [1.165, 1.54) is 0 Å². The fourth-order valence-corrected chi connectivity index (χ4v) is 2.21. The third-order valence-electron chi connectivity index (χ3n) is 2.34. The lowest BCUT2D eigenvalue weighted by molar-refractivity contribution is 0.0892. The lowest BCUT2D eigenvalue weighted by atomic mass is 9.86. The Balaban J connectivity index is 2.89. The Hall–Kier alpha value is -1.27. The SMILES string of the molecule is CC(C)Sc1ccc(C(=O)C(C)(C)C#N)cc1. The van der Waals surface area contributed by atoms with Crippen molar-refractivity contribution in [2.24, 2.45) is 5.41 Å². The first kappa shape index (κ1) is 13.8.